The standard InChI is InChI=1S/C26H36N2O7/c1-16(2)8-6-11-22(34-5)26(32)23-13-12-21(35-23)20(33-4)10-7-9-17-24(27-3)19(30)14-18(25(17)31)28-15-29/h6,8,11,13-15,20-22,26-27,32H,7,9-10,12H2,1-5H3,(H,28,29)/b11-6-/t20-,21?,22-,26+/m0/s1. The first-order valence-corrected chi connectivity index (χ1v) is 11.6. The van der Waals surface area contributed by atoms with E-state index >= 15 is 0 Å². The summed E-state index contributed by atoms with van der Waals surface area (Å²) in [5.74, 6) is -0.303. The molecule has 35 heavy (non-hydrogen) atoms. The fourth-order valence-corrected chi connectivity index (χ4v) is 4.07. The van der Waals surface area contributed by atoms with Gasteiger partial charge in [-0.3, -0.25) is 14.4 Å². The number of ether oxygens (including phenoxy) is 3. The summed E-state index contributed by atoms with van der Waals surface area (Å²) < 4.78 is 17.1. The summed E-state index contributed by atoms with van der Waals surface area (Å²) in [7, 11) is 4.70. The van der Waals surface area contributed by atoms with Crippen LogP contribution in [-0.2, 0) is 28.6 Å². The number of hydrogen-bond acceptors (Lipinski definition) is 8. The molecule has 9 nitrogen and oxygen atoms in total. The second-order valence-corrected chi connectivity index (χ2v) is 8.56. The lowest BCUT2D eigenvalue weighted by atomic mass is 9.92. The molecule has 1 aliphatic carbocycles. The number of likely N-dealkylation sites (N-methyl/N-ethyl adjacent to an activating group) is 1. The number of Topliss-reactive ketones (excluding diaryl/α,β-unsaturated/α-hetero) is 1. The van der Waals surface area contributed by atoms with Crippen LogP contribution >= 0.6 is 0 Å². The normalized spacial score (nSPS) is 20.7. The molecule has 0 saturated heterocycles. The smallest absolute Gasteiger partial charge is 0.211 e. The molecule has 1 heterocycles. The molecule has 0 radical (unpaired) electrons. The summed E-state index contributed by atoms with van der Waals surface area (Å²) in [5.41, 5.74) is 1.66. The largest absolute Gasteiger partial charge is 0.489 e. The van der Waals surface area contributed by atoms with E-state index in [2.05, 4.69) is 10.6 Å². The molecule has 0 aromatic rings. The molecule has 0 aromatic heterocycles. The summed E-state index contributed by atoms with van der Waals surface area (Å²) in [6.07, 6.45) is 8.82. The van der Waals surface area contributed by atoms with Crippen LogP contribution in [0, 0.1) is 0 Å². The molecule has 0 fully saturated rings. The van der Waals surface area contributed by atoms with Crippen LogP contribution in [-0.4, -0.2) is 68.8 Å². The Morgan fingerprint density at radius 2 is 2.03 bits per heavy atom. The number of aliphatic hydroxyl groups is 1. The summed E-state index contributed by atoms with van der Waals surface area (Å²) in [5, 5.41) is 15.8. The van der Waals surface area contributed by atoms with Gasteiger partial charge in [0.25, 0.3) is 0 Å². The Labute approximate surface area is 206 Å². The molecule has 1 aliphatic heterocycles. The van der Waals surface area contributed by atoms with Crippen LogP contribution in [0.4, 0.5) is 0 Å². The van der Waals surface area contributed by atoms with Gasteiger partial charge in [-0.15, -0.1) is 0 Å². The highest BCUT2D eigenvalue weighted by Gasteiger charge is 2.33. The fraction of sp³-hybridized carbons (Fsp3) is 0.500. The van der Waals surface area contributed by atoms with Gasteiger partial charge in [0.2, 0.25) is 18.0 Å². The number of amides is 1. The molecule has 3 N–H and O–H groups in total. The Morgan fingerprint density at radius 3 is 2.63 bits per heavy atom. The number of rotatable bonds is 14. The molecule has 1 amide bonds. The molecule has 0 saturated carbocycles. The molecular formula is C26H36N2O7. The zero-order valence-electron chi connectivity index (χ0n) is 21.0. The highest BCUT2D eigenvalue weighted by Crippen LogP contribution is 2.29. The van der Waals surface area contributed by atoms with Crippen molar-refractivity contribution in [2.75, 3.05) is 21.3 Å². The molecule has 0 aromatic carbocycles. The average molecular weight is 489 g/mol. The second kappa shape index (κ2) is 13.8. The van der Waals surface area contributed by atoms with Crippen molar-refractivity contribution in [3.05, 3.63) is 58.7 Å². The minimum Gasteiger partial charge on any atom is -0.489 e. The van der Waals surface area contributed by atoms with E-state index in [0.29, 0.717) is 43.4 Å². The van der Waals surface area contributed by atoms with Crippen molar-refractivity contribution in [2.45, 2.75) is 63.9 Å². The number of aliphatic hydroxyl groups excluding tert-OH is 1. The quantitative estimate of drug-likeness (QED) is 0.193. The SMILES string of the molecule is CNC1=C(CCC[C@H](OC)C2CC=C([C@H](O)[C@H](/C=C\C=C(C)C)OC)O2)C(=O)C(NC=O)=CC1=O. The number of carbonyl (C=O) groups is 3. The van der Waals surface area contributed by atoms with Crippen LogP contribution in [0.5, 0.6) is 0 Å². The summed E-state index contributed by atoms with van der Waals surface area (Å²) in [6, 6.07) is 0. The van der Waals surface area contributed by atoms with Crippen LogP contribution < -0.4 is 10.6 Å². The van der Waals surface area contributed by atoms with Crippen molar-refractivity contribution in [3.8, 4) is 0 Å². The Bertz CT molecular complexity index is 941. The Hall–Kier alpha value is -3.01. The van der Waals surface area contributed by atoms with Crippen LogP contribution in [0.1, 0.15) is 39.5 Å². The maximum absolute atomic E-state index is 12.7. The van der Waals surface area contributed by atoms with Crippen molar-refractivity contribution in [2.24, 2.45) is 0 Å². The predicted octanol–water partition coefficient (Wildman–Crippen LogP) is 2.00. The number of methoxy groups -OCH3 is 2. The van der Waals surface area contributed by atoms with E-state index in [0.717, 1.165) is 11.6 Å². The Morgan fingerprint density at radius 1 is 1.29 bits per heavy atom. The van der Waals surface area contributed by atoms with Gasteiger partial charge in [-0.2, -0.15) is 0 Å². The topological polar surface area (TPSA) is 123 Å². The minimum absolute atomic E-state index is 0.0319. The van der Waals surface area contributed by atoms with Crippen molar-refractivity contribution < 1.29 is 33.7 Å². The van der Waals surface area contributed by atoms with Gasteiger partial charge in [0.05, 0.1) is 17.5 Å². The van der Waals surface area contributed by atoms with Gasteiger partial charge in [-0.25, -0.2) is 0 Å². The van der Waals surface area contributed by atoms with Crippen molar-refractivity contribution >= 4 is 18.0 Å². The predicted molar refractivity (Wildman–Crippen MR) is 131 cm³/mol. The highest BCUT2D eigenvalue weighted by atomic mass is 16.6. The van der Waals surface area contributed by atoms with Gasteiger partial charge >= 0.3 is 0 Å². The van der Waals surface area contributed by atoms with Gasteiger partial charge in [0.1, 0.15) is 24.1 Å². The third-order valence-electron chi connectivity index (χ3n) is 5.88. The lowest BCUT2D eigenvalue weighted by molar-refractivity contribution is -0.117. The van der Waals surface area contributed by atoms with Crippen LogP contribution in [0.3, 0.4) is 0 Å². The third-order valence-corrected chi connectivity index (χ3v) is 5.88. The van der Waals surface area contributed by atoms with Crippen molar-refractivity contribution in [1.82, 2.24) is 10.6 Å². The molecule has 192 valence electrons. The van der Waals surface area contributed by atoms with E-state index in [1.165, 1.54) is 7.11 Å². The maximum Gasteiger partial charge on any atom is 0.211 e. The van der Waals surface area contributed by atoms with E-state index in [1.807, 2.05) is 32.1 Å². The molecule has 2 rings (SSSR count). The Kier molecular flexibility index (Phi) is 11.1. The first kappa shape index (κ1) is 28.2. The van der Waals surface area contributed by atoms with E-state index in [1.54, 1.807) is 20.2 Å². The van der Waals surface area contributed by atoms with E-state index in [9.17, 15) is 19.5 Å². The number of nitrogens with one attached hydrogen (secondary N) is 2. The lowest BCUT2D eigenvalue weighted by Crippen LogP contribution is -2.33. The second-order valence-electron chi connectivity index (χ2n) is 8.56. The first-order chi connectivity index (χ1) is 16.8. The van der Waals surface area contributed by atoms with E-state index < -0.39 is 12.2 Å². The molecule has 0 bridgehead atoms. The molecule has 0 spiro atoms. The van der Waals surface area contributed by atoms with Crippen LogP contribution in [0.2, 0.25) is 0 Å². The lowest BCUT2D eigenvalue weighted by Gasteiger charge is -2.26. The molecular weight excluding hydrogens is 452 g/mol. The summed E-state index contributed by atoms with van der Waals surface area (Å²) in [4.78, 5) is 35.8. The number of carbonyl (C=O) groups excluding carboxylic acids is 3. The summed E-state index contributed by atoms with van der Waals surface area (Å²) >= 11 is 0. The van der Waals surface area contributed by atoms with Gasteiger partial charge in [-0.05, 0) is 39.2 Å². The van der Waals surface area contributed by atoms with Gasteiger partial charge in [-0.1, -0.05) is 23.8 Å². The molecule has 4 atom stereocenters. The Balaban J connectivity index is 1.97. The molecule has 1 unspecified atom stereocenters. The maximum atomic E-state index is 12.7. The number of allylic oxidation sites excluding steroid dienone is 5. The van der Waals surface area contributed by atoms with Crippen LogP contribution in [0.25, 0.3) is 0 Å². The first-order valence-electron chi connectivity index (χ1n) is 11.6. The monoisotopic (exact) mass is 488 g/mol. The van der Waals surface area contributed by atoms with Gasteiger partial charge in [0.15, 0.2) is 0 Å². The number of ketones is 2. The number of hydrogen-bond donors (Lipinski definition) is 3. The highest BCUT2D eigenvalue weighted by molar-refractivity contribution is 6.22. The zero-order valence-corrected chi connectivity index (χ0v) is 21.0. The van der Waals surface area contributed by atoms with Gasteiger partial charge in [0, 0.05) is 39.3 Å². The summed E-state index contributed by atoms with van der Waals surface area (Å²) in [6.45, 7) is 3.97. The van der Waals surface area contributed by atoms with E-state index in [4.69, 9.17) is 14.2 Å². The van der Waals surface area contributed by atoms with Crippen LogP contribution in [0.15, 0.2) is 58.7 Å². The van der Waals surface area contributed by atoms with Crippen molar-refractivity contribution in [1.29, 1.82) is 0 Å². The molecule has 2 aliphatic rings. The average Bonchev–Trinajstić information content (AvgIpc) is 3.32. The fourth-order valence-electron chi connectivity index (χ4n) is 4.07. The minimum atomic E-state index is -0.950. The van der Waals surface area contributed by atoms with E-state index in [-0.39, 0.29) is 35.2 Å². The zero-order chi connectivity index (χ0) is 26.0. The van der Waals surface area contributed by atoms with Gasteiger partial charge < -0.3 is 30.0 Å². The van der Waals surface area contributed by atoms with Crippen molar-refractivity contribution in [3.63, 3.8) is 0 Å². The third kappa shape index (κ3) is 7.48. The molecule has 9 heteroatoms.